The minimum absolute atomic E-state index is 0. The largest absolute Gasteiger partial charge is 0.329 e. The summed E-state index contributed by atoms with van der Waals surface area (Å²) in [7, 11) is 0. The van der Waals surface area contributed by atoms with E-state index in [1.807, 2.05) is 18.2 Å². The maximum atomic E-state index is 5.99. The van der Waals surface area contributed by atoms with E-state index in [1.54, 1.807) is 0 Å². The van der Waals surface area contributed by atoms with E-state index >= 15 is 0 Å². The molecular formula is C13H21Cl3N2. The predicted octanol–water partition coefficient (Wildman–Crippen LogP) is 3.15. The molecule has 2 nitrogen and oxygen atoms in total. The fourth-order valence-corrected chi connectivity index (χ4v) is 2.62. The van der Waals surface area contributed by atoms with Crippen molar-refractivity contribution >= 4 is 36.4 Å². The van der Waals surface area contributed by atoms with Crippen molar-refractivity contribution in [2.75, 3.05) is 19.6 Å². The summed E-state index contributed by atoms with van der Waals surface area (Å²) < 4.78 is 0. The lowest BCUT2D eigenvalue weighted by Gasteiger charge is -2.26. The van der Waals surface area contributed by atoms with Gasteiger partial charge in [0.25, 0.3) is 0 Å². The van der Waals surface area contributed by atoms with Crippen LogP contribution in [0.5, 0.6) is 0 Å². The van der Waals surface area contributed by atoms with Gasteiger partial charge in [0, 0.05) is 17.6 Å². The number of benzene rings is 1. The van der Waals surface area contributed by atoms with E-state index in [9.17, 15) is 0 Å². The average molecular weight is 312 g/mol. The van der Waals surface area contributed by atoms with E-state index in [2.05, 4.69) is 11.0 Å². The van der Waals surface area contributed by atoms with Gasteiger partial charge >= 0.3 is 0 Å². The summed E-state index contributed by atoms with van der Waals surface area (Å²) in [5.41, 5.74) is 7.15. The van der Waals surface area contributed by atoms with Crippen molar-refractivity contribution in [2.45, 2.75) is 25.3 Å². The van der Waals surface area contributed by atoms with Gasteiger partial charge in [-0.15, -0.1) is 24.8 Å². The molecule has 2 rings (SSSR count). The van der Waals surface area contributed by atoms with Crippen LogP contribution < -0.4 is 5.73 Å². The van der Waals surface area contributed by atoms with Crippen molar-refractivity contribution < 1.29 is 0 Å². The van der Waals surface area contributed by atoms with Crippen molar-refractivity contribution in [3.63, 3.8) is 0 Å². The SMILES string of the molecule is Cl.Cl.NCC(Cc1cccc(Cl)c1)N1CCCC1. The zero-order valence-corrected chi connectivity index (χ0v) is 12.7. The Labute approximate surface area is 127 Å². The third-order valence-corrected chi connectivity index (χ3v) is 3.52. The Bertz CT molecular complexity index is 341. The Morgan fingerprint density at radius 3 is 2.44 bits per heavy atom. The standard InChI is InChI=1S/C13H19ClN2.2ClH/c14-12-5-3-4-11(8-12)9-13(10-15)16-6-1-2-7-16;;/h3-5,8,13H,1-2,6-7,9-10,15H2;2*1H. The molecule has 0 saturated carbocycles. The topological polar surface area (TPSA) is 29.3 Å². The van der Waals surface area contributed by atoms with Crippen LogP contribution in [0.4, 0.5) is 0 Å². The highest BCUT2D eigenvalue weighted by Gasteiger charge is 2.20. The third kappa shape index (κ3) is 4.94. The summed E-state index contributed by atoms with van der Waals surface area (Å²) in [5, 5.41) is 0.815. The van der Waals surface area contributed by atoms with Gasteiger partial charge in [-0.3, -0.25) is 4.90 Å². The van der Waals surface area contributed by atoms with Gasteiger partial charge in [-0.2, -0.15) is 0 Å². The molecule has 1 aliphatic rings. The lowest BCUT2D eigenvalue weighted by atomic mass is 10.1. The van der Waals surface area contributed by atoms with Crippen molar-refractivity contribution in [1.29, 1.82) is 0 Å². The smallest absolute Gasteiger partial charge is 0.0408 e. The van der Waals surface area contributed by atoms with Crippen molar-refractivity contribution in [2.24, 2.45) is 5.73 Å². The number of hydrogen-bond donors (Lipinski definition) is 1. The first kappa shape index (κ1) is 18.0. The van der Waals surface area contributed by atoms with Gasteiger partial charge in [-0.25, -0.2) is 0 Å². The monoisotopic (exact) mass is 310 g/mol. The summed E-state index contributed by atoms with van der Waals surface area (Å²) in [6.07, 6.45) is 3.63. The Balaban J connectivity index is 0.00000144. The van der Waals surface area contributed by atoms with Crippen molar-refractivity contribution in [1.82, 2.24) is 4.90 Å². The van der Waals surface area contributed by atoms with Crippen molar-refractivity contribution in [3.05, 3.63) is 34.9 Å². The Kier molecular flexibility index (Phi) is 9.01. The van der Waals surface area contributed by atoms with Crippen LogP contribution in [0.2, 0.25) is 5.02 Å². The number of nitrogens with two attached hydrogens (primary N) is 1. The van der Waals surface area contributed by atoms with Gasteiger partial charge in [0.1, 0.15) is 0 Å². The van der Waals surface area contributed by atoms with Gasteiger partial charge in [0.15, 0.2) is 0 Å². The Morgan fingerprint density at radius 2 is 1.89 bits per heavy atom. The van der Waals surface area contributed by atoms with E-state index in [0.29, 0.717) is 6.04 Å². The van der Waals surface area contributed by atoms with Crippen LogP contribution in [0.25, 0.3) is 0 Å². The maximum Gasteiger partial charge on any atom is 0.0408 e. The van der Waals surface area contributed by atoms with Gasteiger partial charge in [0.05, 0.1) is 0 Å². The van der Waals surface area contributed by atoms with Crippen LogP contribution in [0, 0.1) is 0 Å². The van der Waals surface area contributed by atoms with Gasteiger partial charge in [-0.05, 0) is 50.0 Å². The summed E-state index contributed by atoms with van der Waals surface area (Å²) >= 11 is 5.99. The zero-order valence-electron chi connectivity index (χ0n) is 10.3. The first-order valence-electron chi connectivity index (χ1n) is 5.98. The van der Waals surface area contributed by atoms with Crippen LogP contribution >= 0.6 is 36.4 Å². The predicted molar refractivity (Wildman–Crippen MR) is 83.3 cm³/mol. The Hall–Kier alpha value is 0.01000. The molecule has 1 atom stereocenters. The number of hydrogen-bond acceptors (Lipinski definition) is 2. The summed E-state index contributed by atoms with van der Waals surface area (Å²) in [5.74, 6) is 0. The molecule has 1 saturated heterocycles. The Morgan fingerprint density at radius 1 is 1.22 bits per heavy atom. The molecule has 0 amide bonds. The molecule has 104 valence electrons. The van der Waals surface area contributed by atoms with Gasteiger partial charge in [-0.1, -0.05) is 23.7 Å². The minimum Gasteiger partial charge on any atom is -0.329 e. The minimum atomic E-state index is 0. The van der Waals surface area contributed by atoms with Gasteiger partial charge < -0.3 is 5.73 Å². The molecule has 0 bridgehead atoms. The molecule has 1 aromatic rings. The van der Waals surface area contributed by atoms with E-state index in [0.717, 1.165) is 18.0 Å². The summed E-state index contributed by atoms with van der Waals surface area (Å²) in [6.45, 7) is 3.12. The maximum absolute atomic E-state index is 5.99. The normalized spacial score (nSPS) is 16.8. The fourth-order valence-electron chi connectivity index (χ4n) is 2.40. The molecule has 1 heterocycles. The molecule has 5 heteroatoms. The molecule has 0 radical (unpaired) electrons. The highest BCUT2D eigenvalue weighted by Crippen LogP contribution is 2.17. The third-order valence-electron chi connectivity index (χ3n) is 3.29. The molecule has 1 aromatic carbocycles. The molecule has 0 aliphatic carbocycles. The summed E-state index contributed by atoms with van der Waals surface area (Å²) in [4.78, 5) is 2.50. The molecule has 0 spiro atoms. The molecular weight excluding hydrogens is 291 g/mol. The number of halogens is 3. The highest BCUT2D eigenvalue weighted by molar-refractivity contribution is 6.30. The number of likely N-dealkylation sites (tertiary alicyclic amines) is 1. The average Bonchev–Trinajstić information content (AvgIpc) is 2.79. The molecule has 0 aromatic heterocycles. The second-order valence-corrected chi connectivity index (χ2v) is 4.90. The van der Waals surface area contributed by atoms with Crippen LogP contribution in [-0.4, -0.2) is 30.6 Å². The van der Waals surface area contributed by atoms with E-state index < -0.39 is 0 Å². The van der Waals surface area contributed by atoms with E-state index in [-0.39, 0.29) is 24.8 Å². The first-order chi connectivity index (χ1) is 7.79. The van der Waals surface area contributed by atoms with Crippen LogP contribution in [0.1, 0.15) is 18.4 Å². The quantitative estimate of drug-likeness (QED) is 0.925. The second-order valence-electron chi connectivity index (χ2n) is 4.47. The zero-order chi connectivity index (χ0) is 11.4. The fraction of sp³-hybridized carbons (Fsp3) is 0.538. The van der Waals surface area contributed by atoms with Crippen molar-refractivity contribution in [3.8, 4) is 0 Å². The molecule has 1 aliphatic heterocycles. The van der Waals surface area contributed by atoms with E-state index in [1.165, 1.54) is 31.5 Å². The van der Waals surface area contributed by atoms with Crippen LogP contribution in [0.15, 0.2) is 24.3 Å². The van der Waals surface area contributed by atoms with Crippen LogP contribution in [0.3, 0.4) is 0 Å². The van der Waals surface area contributed by atoms with E-state index in [4.69, 9.17) is 17.3 Å². The molecule has 2 N–H and O–H groups in total. The number of rotatable bonds is 4. The highest BCUT2D eigenvalue weighted by atomic mass is 35.5. The lowest BCUT2D eigenvalue weighted by Crippen LogP contribution is -2.40. The molecule has 18 heavy (non-hydrogen) atoms. The van der Waals surface area contributed by atoms with Gasteiger partial charge in [0.2, 0.25) is 0 Å². The molecule has 1 fully saturated rings. The van der Waals surface area contributed by atoms with Crippen LogP contribution in [-0.2, 0) is 6.42 Å². The lowest BCUT2D eigenvalue weighted by molar-refractivity contribution is 0.246. The second kappa shape index (κ2) is 9.00. The number of nitrogens with zero attached hydrogens (tertiary/aromatic N) is 1. The summed E-state index contributed by atoms with van der Waals surface area (Å²) in [6, 6.07) is 8.57. The first-order valence-corrected chi connectivity index (χ1v) is 6.36. The molecule has 1 unspecified atom stereocenters.